The Morgan fingerprint density at radius 3 is 1.32 bits per heavy atom. The van der Waals surface area contributed by atoms with Crippen LogP contribution < -0.4 is 0 Å². The lowest BCUT2D eigenvalue weighted by atomic mass is 9.98. The van der Waals surface area contributed by atoms with Crippen molar-refractivity contribution < 1.29 is 73.8 Å². The van der Waals surface area contributed by atoms with Gasteiger partial charge in [0.1, 0.15) is 55.4 Å². The highest BCUT2D eigenvalue weighted by molar-refractivity contribution is 5.70. The van der Waals surface area contributed by atoms with Crippen LogP contribution in [0.25, 0.3) is 0 Å². The van der Waals surface area contributed by atoms with E-state index < -0.39 is 92.7 Å². The van der Waals surface area contributed by atoms with Crippen molar-refractivity contribution in [3.63, 3.8) is 0 Å². The number of aliphatic hydroxyl groups is 7. The van der Waals surface area contributed by atoms with Gasteiger partial charge in [-0.15, -0.1) is 0 Å². The van der Waals surface area contributed by atoms with Crippen molar-refractivity contribution in [1.82, 2.24) is 0 Å². The van der Waals surface area contributed by atoms with Crippen LogP contribution in [0.3, 0.4) is 0 Å². The molecule has 0 bridgehead atoms. The average Bonchev–Trinajstić information content (AvgIpc) is 3.40. The van der Waals surface area contributed by atoms with Crippen LogP contribution in [0.1, 0.15) is 239 Å². The van der Waals surface area contributed by atoms with Gasteiger partial charge < -0.3 is 64.2 Å². The van der Waals surface area contributed by atoms with E-state index in [1.165, 1.54) is 128 Å². The number of hydrogen-bond donors (Lipinski definition) is 7. The van der Waals surface area contributed by atoms with Crippen LogP contribution in [-0.4, -0.2) is 142 Å². The second kappa shape index (κ2) is 46.6. The predicted octanol–water partition coefficient (Wildman–Crippen LogP) is 10.4. The lowest BCUT2D eigenvalue weighted by Crippen LogP contribution is -2.61. The summed E-state index contributed by atoms with van der Waals surface area (Å²) >= 11 is 0. The van der Waals surface area contributed by atoms with Gasteiger partial charge in [0, 0.05) is 12.8 Å². The van der Waals surface area contributed by atoms with Crippen molar-refractivity contribution in [2.45, 2.75) is 306 Å². The Kier molecular flexibility index (Phi) is 42.8. The van der Waals surface area contributed by atoms with Crippen molar-refractivity contribution >= 4 is 11.9 Å². The van der Waals surface area contributed by atoms with E-state index in [9.17, 15) is 45.3 Å². The quantitative estimate of drug-likeness (QED) is 0.0171. The largest absolute Gasteiger partial charge is 0.462 e. The van der Waals surface area contributed by atoms with Gasteiger partial charge in [0.2, 0.25) is 0 Å². The summed E-state index contributed by atoms with van der Waals surface area (Å²) in [5.74, 6) is -0.934. The van der Waals surface area contributed by atoms with Crippen LogP contribution in [0.4, 0.5) is 0 Å². The summed E-state index contributed by atoms with van der Waals surface area (Å²) < 4.78 is 33.7. The molecule has 2 aliphatic heterocycles. The van der Waals surface area contributed by atoms with Gasteiger partial charge in [-0.2, -0.15) is 0 Å². The van der Waals surface area contributed by atoms with Crippen LogP contribution >= 0.6 is 0 Å². The summed E-state index contributed by atoms with van der Waals surface area (Å²) in [6.45, 7) is 2.50. The van der Waals surface area contributed by atoms with E-state index in [1.807, 2.05) is 0 Å². The molecule has 2 fully saturated rings. The first-order valence-corrected chi connectivity index (χ1v) is 30.1. The van der Waals surface area contributed by atoms with Crippen LogP contribution in [0.5, 0.6) is 0 Å². The Hall–Kier alpha value is -2.28. The van der Waals surface area contributed by atoms with Gasteiger partial charge in [-0.05, 0) is 44.9 Å². The summed E-state index contributed by atoms with van der Waals surface area (Å²) in [5.41, 5.74) is 0. The van der Waals surface area contributed by atoms with Crippen LogP contribution in [0, 0.1) is 0 Å². The number of ether oxygens (including phenoxy) is 6. The summed E-state index contributed by atoms with van der Waals surface area (Å²) in [7, 11) is 0. The monoisotopic (exact) mass is 1070 g/mol. The number of allylic oxidation sites excluding steroid dienone is 6. The molecule has 0 saturated carbocycles. The van der Waals surface area contributed by atoms with Gasteiger partial charge in [-0.25, -0.2) is 0 Å². The highest BCUT2D eigenvalue weighted by atomic mass is 16.7. The molecule has 2 aliphatic rings. The second-order valence-corrected chi connectivity index (χ2v) is 21.2. The molecule has 15 heteroatoms. The topological polar surface area (TPSA) is 231 Å². The molecule has 7 N–H and O–H groups in total. The Bertz CT molecular complexity index is 1440. The highest BCUT2D eigenvalue weighted by Crippen LogP contribution is 2.27. The third-order valence-corrected chi connectivity index (χ3v) is 14.4. The molecule has 0 radical (unpaired) electrons. The Morgan fingerprint density at radius 2 is 0.840 bits per heavy atom. The fourth-order valence-electron chi connectivity index (χ4n) is 9.53. The molecule has 2 rings (SSSR count). The molecule has 0 aromatic rings. The van der Waals surface area contributed by atoms with Crippen molar-refractivity contribution in [3.05, 3.63) is 36.5 Å². The molecule has 0 aromatic heterocycles. The van der Waals surface area contributed by atoms with E-state index >= 15 is 0 Å². The number of carbonyl (C=O) groups excluding carboxylic acids is 2. The number of esters is 2. The van der Waals surface area contributed by atoms with Crippen molar-refractivity contribution in [2.75, 3.05) is 26.4 Å². The molecule has 75 heavy (non-hydrogen) atoms. The first-order valence-electron chi connectivity index (χ1n) is 30.1. The number of carbonyl (C=O) groups is 2. The van der Waals surface area contributed by atoms with Crippen molar-refractivity contribution in [3.8, 4) is 0 Å². The maximum atomic E-state index is 13.0. The second-order valence-electron chi connectivity index (χ2n) is 21.2. The van der Waals surface area contributed by atoms with Gasteiger partial charge in [-0.3, -0.25) is 9.59 Å². The van der Waals surface area contributed by atoms with Crippen LogP contribution in [0.15, 0.2) is 36.5 Å². The molecule has 2 saturated heterocycles. The maximum Gasteiger partial charge on any atom is 0.306 e. The van der Waals surface area contributed by atoms with Crippen molar-refractivity contribution in [2.24, 2.45) is 0 Å². The van der Waals surface area contributed by atoms with Gasteiger partial charge in [0.25, 0.3) is 0 Å². The molecule has 2 heterocycles. The van der Waals surface area contributed by atoms with Gasteiger partial charge in [0.05, 0.1) is 19.8 Å². The molecule has 0 aliphatic carbocycles. The summed E-state index contributed by atoms with van der Waals surface area (Å²) in [6, 6.07) is 0. The minimum absolute atomic E-state index is 0.147. The maximum absolute atomic E-state index is 13.0. The first-order chi connectivity index (χ1) is 36.5. The summed E-state index contributed by atoms with van der Waals surface area (Å²) in [5, 5.41) is 72.3. The molecule has 11 atom stereocenters. The number of hydrogen-bond acceptors (Lipinski definition) is 15. The van der Waals surface area contributed by atoms with Gasteiger partial charge >= 0.3 is 11.9 Å². The van der Waals surface area contributed by atoms with E-state index in [-0.39, 0.29) is 26.1 Å². The summed E-state index contributed by atoms with van der Waals surface area (Å²) in [6.07, 6.45) is 36.1. The zero-order valence-electron chi connectivity index (χ0n) is 46.8. The van der Waals surface area contributed by atoms with E-state index in [0.717, 1.165) is 70.6 Å². The Morgan fingerprint density at radius 1 is 0.440 bits per heavy atom. The minimum atomic E-state index is -1.77. The smallest absolute Gasteiger partial charge is 0.306 e. The van der Waals surface area contributed by atoms with E-state index in [4.69, 9.17) is 28.4 Å². The molecule has 0 spiro atoms. The SMILES string of the molecule is CC/C=C\C/C=C\C/C=C\CCCCCCCC(=O)OC(COC(=O)CCCCCCCCCCCCCCCCCCCCCCCCCC)COC1OC(COC2OC(CO)C(O)C(O)C2O)C(O)C(O)C1O. The predicted molar refractivity (Wildman–Crippen MR) is 294 cm³/mol. The zero-order valence-corrected chi connectivity index (χ0v) is 46.8. The highest BCUT2D eigenvalue weighted by Gasteiger charge is 2.47. The van der Waals surface area contributed by atoms with Crippen LogP contribution in [-0.2, 0) is 38.0 Å². The third kappa shape index (κ3) is 33.7. The molecule has 15 nitrogen and oxygen atoms in total. The lowest BCUT2D eigenvalue weighted by molar-refractivity contribution is -0.332. The standard InChI is InChI=1S/C60H108O15/c1-3-5-7-9-11-13-15-17-19-20-21-22-23-24-25-26-27-29-30-32-34-36-38-40-42-51(62)70-45-48(73-52(63)43-41-39-37-35-33-31-28-18-16-14-12-10-8-6-4-2)46-71-59-58(69)56(67)54(65)50(75-59)47-72-60-57(68)55(66)53(64)49(44-61)74-60/h6,8,12,14,18,28,48-50,53-61,64-69H,3-5,7,9-11,13,15-17,19-27,29-47H2,1-2H3/b8-6-,14-12-,28-18-. The zero-order chi connectivity index (χ0) is 54.6. The molecule has 11 unspecified atom stereocenters. The molecule has 0 aromatic carbocycles. The third-order valence-electron chi connectivity index (χ3n) is 14.4. The first kappa shape index (κ1) is 68.8. The molecular weight excluding hydrogens is 961 g/mol. The lowest BCUT2D eigenvalue weighted by Gasteiger charge is -2.42. The normalized spacial score (nSPS) is 24.7. The summed E-state index contributed by atoms with van der Waals surface area (Å²) in [4.78, 5) is 25.9. The minimum Gasteiger partial charge on any atom is -0.462 e. The Balaban J connectivity index is 1.71. The van der Waals surface area contributed by atoms with E-state index in [1.54, 1.807) is 0 Å². The van der Waals surface area contributed by atoms with Crippen LogP contribution in [0.2, 0.25) is 0 Å². The van der Waals surface area contributed by atoms with Gasteiger partial charge in [-0.1, -0.05) is 217 Å². The Labute approximate surface area is 453 Å². The van der Waals surface area contributed by atoms with Crippen molar-refractivity contribution in [1.29, 1.82) is 0 Å². The van der Waals surface area contributed by atoms with E-state index in [2.05, 4.69) is 50.3 Å². The number of rotatable bonds is 48. The average molecular weight is 1070 g/mol. The number of unbranched alkanes of at least 4 members (excludes halogenated alkanes) is 28. The fraction of sp³-hybridized carbons (Fsp3) is 0.867. The van der Waals surface area contributed by atoms with E-state index in [0.29, 0.717) is 12.8 Å². The van der Waals surface area contributed by atoms with Gasteiger partial charge in [0.15, 0.2) is 18.7 Å². The molecular formula is C60H108O15. The fourth-order valence-corrected chi connectivity index (χ4v) is 9.53. The number of aliphatic hydroxyl groups excluding tert-OH is 7. The molecule has 0 amide bonds. The molecule has 438 valence electrons.